The first-order chi connectivity index (χ1) is 8.43. The lowest BCUT2D eigenvalue weighted by atomic mass is 10.1. The quantitative estimate of drug-likeness (QED) is 0.655. The molecule has 82 valence electrons. The highest BCUT2D eigenvalue weighted by Gasteiger charge is 1.98. The maximum Gasteiger partial charge on any atom is 0.0656 e. The zero-order valence-corrected chi connectivity index (χ0v) is 9.30. The average molecular weight is 220 g/mol. The van der Waals surface area contributed by atoms with Crippen molar-refractivity contribution in [1.82, 2.24) is 10.2 Å². The SMILES string of the molecule is C(=C\c1cccc2[nH]ncc12)/c1ccccc1. The second kappa shape index (κ2) is 4.26. The van der Waals surface area contributed by atoms with Crippen molar-refractivity contribution >= 4 is 23.1 Å². The van der Waals surface area contributed by atoms with Crippen LogP contribution in [0.25, 0.3) is 23.1 Å². The molecule has 1 N–H and O–H groups in total. The highest BCUT2D eigenvalue weighted by atomic mass is 15.1. The average Bonchev–Trinajstić information content (AvgIpc) is 2.86. The monoisotopic (exact) mass is 220 g/mol. The van der Waals surface area contributed by atoms with Gasteiger partial charge >= 0.3 is 0 Å². The van der Waals surface area contributed by atoms with Crippen LogP contribution in [0.15, 0.2) is 54.7 Å². The predicted molar refractivity (Wildman–Crippen MR) is 71.5 cm³/mol. The molecule has 0 fully saturated rings. The first-order valence-electron chi connectivity index (χ1n) is 5.59. The summed E-state index contributed by atoms with van der Waals surface area (Å²) in [6, 6.07) is 16.4. The normalized spacial score (nSPS) is 11.3. The third kappa shape index (κ3) is 1.97. The summed E-state index contributed by atoms with van der Waals surface area (Å²) < 4.78 is 0. The molecule has 0 spiro atoms. The fourth-order valence-electron chi connectivity index (χ4n) is 1.89. The Hall–Kier alpha value is -2.35. The molecule has 0 unspecified atom stereocenters. The number of H-pyrrole nitrogens is 1. The molecule has 1 heterocycles. The van der Waals surface area contributed by atoms with Crippen molar-refractivity contribution in [3.8, 4) is 0 Å². The fraction of sp³-hybridized carbons (Fsp3) is 0. The van der Waals surface area contributed by atoms with E-state index in [9.17, 15) is 0 Å². The van der Waals surface area contributed by atoms with Crippen molar-refractivity contribution < 1.29 is 0 Å². The highest BCUT2D eigenvalue weighted by Crippen LogP contribution is 2.18. The summed E-state index contributed by atoms with van der Waals surface area (Å²) in [5.41, 5.74) is 3.45. The molecule has 2 heteroatoms. The first kappa shape index (κ1) is 9.85. The highest BCUT2D eigenvalue weighted by molar-refractivity contribution is 5.90. The van der Waals surface area contributed by atoms with Crippen molar-refractivity contribution in [2.75, 3.05) is 0 Å². The molecule has 2 nitrogen and oxygen atoms in total. The van der Waals surface area contributed by atoms with Crippen LogP contribution in [0, 0.1) is 0 Å². The molecule has 0 radical (unpaired) electrons. The molecule has 17 heavy (non-hydrogen) atoms. The van der Waals surface area contributed by atoms with Gasteiger partial charge in [0.15, 0.2) is 0 Å². The van der Waals surface area contributed by atoms with Crippen LogP contribution >= 0.6 is 0 Å². The van der Waals surface area contributed by atoms with E-state index in [0.29, 0.717) is 0 Å². The molecule has 0 atom stereocenters. The number of rotatable bonds is 2. The van der Waals surface area contributed by atoms with Gasteiger partial charge in [0, 0.05) is 5.39 Å². The van der Waals surface area contributed by atoms with Crippen LogP contribution < -0.4 is 0 Å². The third-order valence-corrected chi connectivity index (χ3v) is 2.77. The Bertz CT molecular complexity index is 651. The molecule has 0 amide bonds. The van der Waals surface area contributed by atoms with Crippen molar-refractivity contribution in [3.05, 3.63) is 65.9 Å². The van der Waals surface area contributed by atoms with Crippen molar-refractivity contribution in [3.63, 3.8) is 0 Å². The van der Waals surface area contributed by atoms with E-state index >= 15 is 0 Å². The van der Waals surface area contributed by atoms with E-state index in [2.05, 4.69) is 40.5 Å². The number of hydrogen-bond donors (Lipinski definition) is 1. The van der Waals surface area contributed by atoms with Gasteiger partial charge in [-0.15, -0.1) is 0 Å². The number of nitrogens with zero attached hydrogens (tertiary/aromatic N) is 1. The molecule has 0 aliphatic heterocycles. The topological polar surface area (TPSA) is 28.7 Å². The van der Waals surface area contributed by atoms with E-state index in [1.807, 2.05) is 36.5 Å². The summed E-state index contributed by atoms with van der Waals surface area (Å²) in [6.07, 6.45) is 6.09. The molecular weight excluding hydrogens is 208 g/mol. The lowest BCUT2D eigenvalue weighted by molar-refractivity contribution is 1.12. The van der Waals surface area contributed by atoms with Crippen LogP contribution in [-0.2, 0) is 0 Å². The van der Waals surface area contributed by atoms with Gasteiger partial charge in [0.05, 0.1) is 11.7 Å². The fourth-order valence-corrected chi connectivity index (χ4v) is 1.89. The minimum absolute atomic E-state index is 1.07. The summed E-state index contributed by atoms with van der Waals surface area (Å²) in [4.78, 5) is 0. The van der Waals surface area contributed by atoms with Gasteiger partial charge in [-0.3, -0.25) is 5.10 Å². The molecule has 3 rings (SSSR count). The zero-order valence-electron chi connectivity index (χ0n) is 9.30. The van der Waals surface area contributed by atoms with E-state index in [1.165, 1.54) is 11.1 Å². The molecule has 3 aromatic rings. The van der Waals surface area contributed by atoms with Gasteiger partial charge in [0.2, 0.25) is 0 Å². The number of aromatic amines is 1. The lowest BCUT2D eigenvalue weighted by Gasteiger charge is -1.96. The van der Waals surface area contributed by atoms with E-state index < -0.39 is 0 Å². The number of hydrogen-bond acceptors (Lipinski definition) is 1. The molecular formula is C15H12N2. The van der Waals surface area contributed by atoms with E-state index in [0.717, 1.165) is 10.9 Å². The van der Waals surface area contributed by atoms with Crippen LogP contribution in [0.3, 0.4) is 0 Å². The Labute approximate surface area is 99.6 Å². The van der Waals surface area contributed by atoms with E-state index in [1.54, 1.807) is 0 Å². The van der Waals surface area contributed by atoms with Gasteiger partial charge in [0.25, 0.3) is 0 Å². The molecule has 0 aliphatic carbocycles. The van der Waals surface area contributed by atoms with Gasteiger partial charge in [-0.05, 0) is 17.2 Å². The van der Waals surface area contributed by atoms with Gasteiger partial charge in [-0.1, -0.05) is 54.6 Å². The molecule has 0 saturated heterocycles. The molecule has 1 aromatic heterocycles. The van der Waals surface area contributed by atoms with Gasteiger partial charge in [-0.25, -0.2) is 0 Å². The second-order valence-corrected chi connectivity index (χ2v) is 3.92. The summed E-state index contributed by atoms with van der Waals surface area (Å²) >= 11 is 0. The number of fused-ring (bicyclic) bond motifs is 1. The molecule has 0 saturated carbocycles. The summed E-state index contributed by atoms with van der Waals surface area (Å²) in [5, 5.41) is 8.18. The maximum atomic E-state index is 4.06. The first-order valence-corrected chi connectivity index (χ1v) is 5.59. The summed E-state index contributed by atoms with van der Waals surface area (Å²) in [5.74, 6) is 0. The number of benzene rings is 2. The van der Waals surface area contributed by atoms with Crippen LogP contribution in [0.1, 0.15) is 11.1 Å². The van der Waals surface area contributed by atoms with Crippen LogP contribution in [0.4, 0.5) is 0 Å². The Balaban J connectivity index is 2.00. The van der Waals surface area contributed by atoms with E-state index in [4.69, 9.17) is 0 Å². The number of nitrogens with one attached hydrogen (secondary N) is 1. The summed E-state index contributed by atoms with van der Waals surface area (Å²) in [7, 11) is 0. The Morgan fingerprint density at radius 1 is 0.882 bits per heavy atom. The van der Waals surface area contributed by atoms with Crippen molar-refractivity contribution in [2.45, 2.75) is 0 Å². The van der Waals surface area contributed by atoms with Crippen LogP contribution in [0.5, 0.6) is 0 Å². The van der Waals surface area contributed by atoms with E-state index in [-0.39, 0.29) is 0 Å². The zero-order chi connectivity index (χ0) is 11.5. The molecule has 0 bridgehead atoms. The predicted octanol–water partition coefficient (Wildman–Crippen LogP) is 3.73. The van der Waals surface area contributed by atoms with Gasteiger partial charge in [0.1, 0.15) is 0 Å². The minimum atomic E-state index is 1.07. The number of aromatic nitrogens is 2. The Morgan fingerprint density at radius 2 is 1.76 bits per heavy atom. The van der Waals surface area contributed by atoms with Gasteiger partial charge in [-0.2, -0.15) is 5.10 Å². The molecule has 0 aliphatic rings. The molecule has 2 aromatic carbocycles. The van der Waals surface area contributed by atoms with Crippen molar-refractivity contribution in [2.24, 2.45) is 0 Å². The minimum Gasteiger partial charge on any atom is -0.278 e. The second-order valence-electron chi connectivity index (χ2n) is 3.92. The van der Waals surface area contributed by atoms with Crippen molar-refractivity contribution in [1.29, 1.82) is 0 Å². The summed E-state index contributed by atoms with van der Waals surface area (Å²) in [6.45, 7) is 0. The Morgan fingerprint density at radius 3 is 2.65 bits per heavy atom. The maximum absolute atomic E-state index is 4.06. The smallest absolute Gasteiger partial charge is 0.0656 e. The largest absolute Gasteiger partial charge is 0.278 e. The van der Waals surface area contributed by atoms with Gasteiger partial charge < -0.3 is 0 Å². The van der Waals surface area contributed by atoms with Crippen LogP contribution in [-0.4, -0.2) is 10.2 Å². The third-order valence-electron chi connectivity index (χ3n) is 2.77. The lowest BCUT2D eigenvalue weighted by Crippen LogP contribution is -1.74. The van der Waals surface area contributed by atoms with Crippen LogP contribution in [0.2, 0.25) is 0 Å². The Kier molecular flexibility index (Phi) is 2.47. The standard InChI is InChI=1S/C15H12N2/c1-2-5-12(6-3-1)9-10-13-7-4-8-15-14(13)11-16-17-15/h1-11H,(H,16,17)/b10-9+.